The van der Waals surface area contributed by atoms with E-state index in [0.717, 1.165) is 11.1 Å². The van der Waals surface area contributed by atoms with Crippen LogP contribution in [-0.4, -0.2) is 62.0 Å². The number of carbonyl (C=O) groups is 2. The van der Waals surface area contributed by atoms with E-state index in [9.17, 15) is 9.59 Å². The number of benzene rings is 1. The largest absolute Gasteiger partial charge is 0.353 e. The van der Waals surface area contributed by atoms with E-state index in [4.69, 9.17) is 0 Å². The predicted octanol–water partition coefficient (Wildman–Crippen LogP) is 0.739. The number of rotatable bonds is 6. The second-order valence-electron chi connectivity index (χ2n) is 5.79. The lowest BCUT2D eigenvalue weighted by atomic mass is 10.0. The molecule has 1 aliphatic rings. The van der Waals surface area contributed by atoms with Crippen LogP contribution in [0.15, 0.2) is 24.3 Å². The Bertz CT molecular complexity index is 545. The minimum absolute atomic E-state index is 0.0461. The Morgan fingerprint density at radius 1 is 1.45 bits per heavy atom. The van der Waals surface area contributed by atoms with Gasteiger partial charge in [-0.3, -0.25) is 9.69 Å². The van der Waals surface area contributed by atoms with E-state index >= 15 is 0 Å². The van der Waals surface area contributed by atoms with Crippen LogP contribution in [0.2, 0.25) is 0 Å². The zero-order valence-corrected chi connectivity index (χ0v) is 13.4. The fourth-order valence-corrected chi connectivity index (χ4v) is 2.66. The maximum atomic E-state index is 12.5. The van der Waals surface area contributed by atoms with Gasteiger partial charge in [0.2, 0.25) is 5.91 Å². The smallest absolute Gasteiger partial charge is 0.317 e. The Balaban J connectivity index is 1.94. The summed E-state index contributed by atoms with van der Waals surface area (Å²) in [6, 6.07) is 7.58. The first-order chi connectivity index (χ1) is 10.5. The summed E-state index contributed by atoms with van der Waals surface area (Å²) in [5, 5.41) is 5.67. The van der Waals surface area contributed by atoms with Crippen molar-refractivity contribution in [3.63, 3.8) is 0 Å². The second-order valence-corrected chi connectivity index (χ2v) is 5.79. The normalized spacial score (nSPS) is 15.8. The van der Waals surface area contributed by atoms with Crippen molar-refractivity contribution in [3.8, 4) is 0 Å². The lowest BCUT2D eigenvalue weighted by molar-refractivity contribution is -0.125. The van der Waals surface area contributed by atoms with E-state index < -0.39 is 0 Å². The first kappa shape index (κ1) is 16.3. The minimum atomic E-state index is -0.327. The standard InChI is InChI=1S/C16H24N4O2/c1-12-5-4-6-13(11-12)14(19(2)3)15(21)17-7-9-20-10-8-18-16(20)22/h4-6,11,14H,7-10H2,1-3H3,(H,17,21)(H,18,22). The molecule has 0 aromatic heterocycles. The van der Waals surface area contributed by atoms with Crippen molar-refractivity contribution in [1.29, 1.82) is 0 Å². The van der Waals surface area contributed by atoms with Crippen LogP contribution < -0.4 is 10.6 Å². The Morgan fingerprint density at radius 2 is 2.23 bits per heavy atom. The molecule has 1 aliphatic heterocycles. The molecule has 0 bridgehead atoms. The van der Waals surface area contributed by atoms with Crippen LogP contribution in [0.4, 0.5) is 4.79 Å². The summed E-state index contributed by atoms with van der Waals surface area (Å²) in [6.07, 6.45) is 0. The molecular formula is C16H24N4O2. The molecular weight excluding hydrogens is 280 g/mol. The summed E-state index contributed by atoms with van der Waals surface area (Å²) in [4.78, 5) is 27.5. The number of nitrogens with one attached hydrogen (secondary N) is 2. The van der Waals surface area contributed by atoms with Crippen molar-refractivity contribution in [2.75, 3.05) is 40.3 Å². The van der Waals surface area contributed by atoms with Gasteiger partial charge in [0.15, 0.2) is 0 Å². The van der Waals surface area contributed by atoms with E-state index in [1.165, 1.54) is 0 Å². The summed E-state index contributed by atoms with van der Waals surface area (Å²) in [5.41, 5.74) is 2.10. The molecule has 0 radical (unpaired) electrons. The summed E-state index contributed by atoms with van der Waals surface area (Å²) in [7, 11) is 3.78. The number of aryl methyl sites for hydroxylation is 1. The van der Waals surface area contributed by atoms with Crippen molar-refractivity contribution in [3.05, 3.63) is 35.4 Å². The van der Waals surface area contributed by atoms with Crippen LogP contribution in [0.25, 0.3) is 0 Å². The predicted molar refractivity (Wildman–Crippen MR) is 85.6 cm³/mol. The fraction of sp³-hybridized carbons (Fsp3) is 0.500. The van der Waals surface area contributed by atoms with Gasteiger partial charge in [0.1, 0.15) is 6.04 Å². The van der Waals surface area contributed by atoms with E-state index in [1.54, 1.807) is 4.90 Å². The first-order valence-electron chi connectivity index (χ1n) is 7.52. The zero-order chi connectivity index (χ0) is 16.1. The summed E-state index contributed by atoms with van der Waals surface area (Å²) < 4.78 is 0. The van der Waals surface area contributed by atoms with Gasteiger partial charge in [0.05, 0.1) is 0 Å². The van der Waals surface area contributed by atoms with Gasteiger partial charge in [-0.25, -0.2) is 4.79 Å². The van der Waals surface area contributed by atoms with Gasteiger partial charge < -0.3 is 15.5 Å². The van der Waals surface area contributed by atoms with E-state index in [0.29, 0.717) is 26.2 Å². The number of hydrogen-bond donors (Lipinski definition) is 2. The van der Waals surface area contributed by atoms with Crippen molar-refractivity contribution < 1.29 is 9.59 Å². The monoisotopic (exact) mass is 304 g/mol. The van der Waals surface area contributed by atoms with Crippen LogP contribution in [0.3, 0.4) is 0 Å². The van der Waals surface area contributed by atoms with Crippen molar-refractivity contribution in [2.45, 2.75) is 13.0 Å². The van der Waals surface area contributed by atoms with Gasteiger partial charge in [-0.2, -0.15) is 0 Å². The van der Waals surface area contributed by atoms with Gasteiger partial charge in [-0.05, 0) is 26.6 Å². The molecule has 0 aliphatic carbocycles. The van der Waals surface area contributed by atoms with Gasteiger partial charge in [-0.15, -0.1) is 0 Å². The van der Waals surface area contributed by atoms with Crippen LogP contribution in [0, 0.1) is 6.92 Å². The molecule has 120 valence electrons. The Labute approximate surface area is 131 Å². The third-order valence-corrected chi connectivity index (χ3v) is 3.75. The topological polar surface area (TPSA) is 64.7 Å². The molecule has 0 spiro atoms. The molecule has 1 unspecified atom stereocenters. The molecule has 1 fully saturated rings. The van der Waals surface area contributed by atoms with Crippen molar-refractivity contribution >= 4 is 11.9 Å². The minimum Gasteiger partial charge on any atom is -0.353 e. The number of nitrogens with zero attached hydrogens (tertiary/aromatic N) is 2. The highest BCUT2D eigenvalue weighted by atomic mass is 16.2. The van der Waals surface area contributed by atoms with Gasteiger partial charge >= 0.3 is 6.03 Å². The van der Waals surface area contributed by atoms with Gasteiger partial charge in [0, 0.05) is 26.2 Å². The zero-order valence-electron chi connectivity index (χ0n) is 13.4. The number of urea groups is 1. The van der Waals surface area contributed by atoms with Crippen molar-refractivity contribution in [1.82, 2.24) is 20.4 Å². The highest BCUT2D eigenvalue weighted by molar-refractivity contribution is 5.83. The second kappa shape index (κ2) is 7.26. The first-order valence-corrected chi connectivity index (χ1v) is 7.52. The van der Waals surface area contributed by atoms with Crippen LogP contribution in [0.1, 0.15) is 17.2 Å². The number of carbonyl (C=O) groups excluding carboxylic acids is 2. The summed E-state index contributed by atoms with van der Waals surface area (Å²) >= 11 is 0. The quantitative estimate of drug-likeness (QED) is 0.815. The molecule has 0 saturated carbocycles. The Hall–Kier alpha value is -2.08. The van der Waals surface area contributed by atoms with E-state index in [1.807, 2.05) is 50.2 Å². The fourth-order valence-electron chi connectivity index (χ4n) is 2.66. The number of likely N-dealkylation sites (N-methyl/N-ethyl adjacent to an activating group) is 1. The third kappa shape index (κ3) is 3.98. The van der Waals surface area contributed by atoms with E-state index in [2.05, 4.69) is 10.6 Å². The van der Waals surface area contributed by atoms with E-state index in [-0.39, 0.29) is 18.0 Å². The number of hydrogen-bond acceptors (Lipinski definition) is 3. The average molecular weight is 304 g/mol. The van der Waals surface area contributed by atoms with Crippen molar-refractivity contribution in [2.24, 2.45) is 0 Å². The highest BCUT2D eigenvalue weighted by Gasteiger charge is 2.24. The van der Waals surface area contributed by atoms with Gasteiger partial charge in [-0.1, -0.05) is 29.8 Å². The van der Waals surface area contributed by atoms with Gasteiger partial charge in [0.25, 0.3) is 0 Å². The average Bonchev–Trinajstić information content (AvgIpc) is 2.84. The molecule has 3 amide bonds. The molecule has 1 aromatic carbocycles. The summed E-state index contributed by atoms with van der Waals surface area (Å²) in [6.45, 7) is 4.38. The third-order valence-electron chi connectivity index (χ3n) is 3.75. The Morgan fingerprint density at radius 3 is 2.82 bits per heavy atom. The molecule has 2 N–H and O–H groups in total. The molecule has 1 heterocycles. The highest BCUT2D eigenvalue weighted by Crippen LogP contribution is 2.19. The van der Waals surface area contributed by atoms with Crippen LogP contribution in [-0.2, 0) is 4.79 Å². The molecule has 6 nitrogen and oxygen atoms in total. The maximum absolute atomic E-state index is 12.5. The molecule has 1 atom stereocenters. The van der Waals surface area contributed by atoms with Crippen LogP contribution in [0.5, 0.6) is 0 Å². The molecule has 2 rings (SSSR count). The molecule has 1 saturated heterocycles. The SMILES string of the molecule is Cc1cccc(C(C(=O)NCCN2CCNC2=O)N(C)C)c1. The maximum Gasteiger partial charge on any atom is 0.317 e. The number of amides is 3. The summed E-state index contributed by atoms with van der Waals surface area (Å²) in [5.74, 6) is -0.0461. The lowest BCUT2D eigenvalue weighted by Gasteiger charge is -2.24. The lowest BCUT2D eigenvalue weighted by Crippen LogP contribution is -2.41. The molecule has 22 heavy (non-hydrogen) atoms. The Kier molecular flexibility index (Phi) is 5.38. The van der Waals surface area contributed by atoms with Crippen LogP contribution >= 0.6 is 0 Å². The molecule has 6 heteroatoms. The molecule has 1 aromatic rings.